The molecular weight excluding hydrogens is 679 g/mol. The number of hydrogen-bond donors (Lipinski definition) is 0. The third-order valence-electron chi connectivity index (χ3n) is 10.7. The van der Waals surface area contributed by atoms with Crippen LogP contribution < -0.4 is 4.90 Å². The van der Waals surface area contributed by atoms with Crippen molar-refractivity contribution in [1.82, 2.24) is 0 Å². The Labute approximate surface area is 327 Å². The lowest BCUT2D eigenvalue weighted by Crippen LogP contribution is -2.11. The molecule has 0 aliphatic rings. The summed E-state index contributed by atoms with van der Waals surface area (Å²) in [5.74, 6) is 0. The first-order valence-corrected chi connectivity index (χ1v) is 19.1. The normalized spacial score (nSPS) is 11.2. The van der Waals surface area contributed by atoms with Crippen LogP contribution >= 0.6 is 0 Å². The van der Waals surface area contributed by atoms with Crippen LogP contribution in [0.2, 0.25) is 0 Å². The van der Waals surface area contributed by atoms with E-state index in [4.69, 9.17) is 4.42 Å². The highest BCUT2D eigenvalue weighted by Crippen LogP contribution is 2.46. The summed E-state index contributed by atoms with van der Waals surface area (Å²) < 4.78 is 6.45. The predicted molar refractivity (Wildman–Crippen MR) is 236 cm³/mol. The molecule has 1 heterocycles. The van der Waals surface area contributed by atoms with Gasteiger partial charge in [-0.2, -0.15) is 0 Å². The number of para-hydroxylation sites is 2. The molecule has 0 spiro atoms. The summed E-state index contributed by atoms with van der Waals surface area (Å²) in [5, 5.41) is 2.23. The van der Waals surface area contributed by atoms with E-state index in [1.165, 1.54) is 44.5 Å². The van der Waals surface area contributed by atoms with Gasteiger partial charge in [0.2, 0.25) is 0 Å². The Morgan fingerprint density at radius 2 is 0.750 bits per heavy atom. The quantitative estimate of drug-likeness (QED) is 0.156. The minimum atomic E-state index is 0.860. The van der Waals surface area contributed by atoms with E-state index in [1.54, 1.807) is 0 Å². The van der Waals surface area contributed by atoms with Crippen LogP contribution in [0.25, 0.3) is 77.6 Å². The van der Waals surface area contributed by atoms with Crippen LogP contribution in [0.1, 0.15) is 0 Å². The topological polar surface area (TPSA) is 16.4 Å². The molecule has 0 saturated carbocycles. The SMILES string of the molecule is c1ccc(-c2ccc(N(c3ccc4c(c3)oc3ccccc34)c3ccccc3-c3ccccc3-c3ccc(-c4ccccc4)cc3-c3ccccc3)cc2)cc1. The van der Waals surface area contributed by atoms with Gasteiger partial charge < -0.3 is 9.32 Å². The van der Waals surface area contributed by atoms with Gasteiger partial charge in [0.1, 0.15) is 11.2 Å². The molecule has 0 amide bonds. The average Bonchev–Trinajstić information content (AvgIpc) is 3.66. The molecule has 0 fully saturated rings. The first-order valence-electron chi connectivity index (χ1n) is 19.1. The summed E-state index contributed by atoms with van der Waals surface area (Å²) in [4.78, 5) is 2.37. The monoisotopic (exact) mass is 715 g/mol. The highest BCUT2D eigenvalue weighted by Gasteiger charge is 2.21. The first-order chi connectivity index (χ1) is 27.8. The molecule has 1 aromatic heterocycles. The molecule has 10 aromatic rings. The number of furan rings is 1. The van der Waals surface area contributed by atoms with Gasteiger partial charge in [-0.15, -0.1) is 0 Å². The molecule has 264 valence electrons. The van der Waals surface area contributed by atoms with Crippen molar-refractivity contribution in [3.8, 4) is 55.6 Å². The zero-order valence-electron chi connectivity index (χ0n) is 30.7. The minimum Gasteiger partial charge on any atom is -0.456 e. The van der Waals surface area contributed by atoms with Gasteiger partial charge >= 0.3 is 0 Å². The van der Waals surface area contributed by atoms with E-state index < -0.39 is 0 Å². The minimum absolute atomic E-state index is 0.860. The fraction of sp³-hybridized carbons (Fsp3) is 0. The standard InChI is InChI=1S/C54H37NO/c1-4-16-38(17-5-1)40-28-31-43(32-29-40)55(44-33-35-50-49-25-13-15-27-53(49)56-54(50)37-44)52-26-14-12-24-48(52)46-23-11-10-22-45(46)47-34-30-42(39-18-6-2-7-19-39)36-51(47)41-20-8-3-9-21-41/h1-37H. The largest absolute Gasteiger partial charge is 0.456 e. The highest BCUT2D eigenvalue weighted by atomic mass is 16.3. The lowest BCUT2D eigenvalue weighted by atomic mass is 9.87. The Hall–Kier alpha value is -7.42. The molecule has 10 rings (SSSR count). The van der Waals surface area contributed by atoms with E-state index >= 15 is 0 Å². The lowest BCUT2D eigenvalue weighted by Gasteiger charge is -2.28. The molecule has 2 nitrogen and oxygen atoms in total. The van der Waals surface area contributed by atoms with Crippen LogP contribution in [0.3, 0.4) is 0 Å². The zero-order valence-corrected chi connectivity index (χ0v) is 30.7. The van der Waals surface area contributed by atoms with Crippen molar-refractivity contribution in [3.63, 3.8) is 0 Å². The van der Waals surface area contributed by atoms with E-state index in [0.717, 1.165) is 50.1 Å². The van der Waals surface area contributed by atoms with E-state index in [0.29, 0.717) is 0 Å². The molecule has 56 heavy (non-hydrogen) atoms. The number of nitrogens with zero attached hydrogens (tertiary/aromatic N) is 1. The number of anilines is 3. The number of benzene rings is 9. The number of fused-ring (bicyclic) bond motifs is 3. The molecule has 2 heteroatoms. The maximum atomic E-state index is 6.45. The van der Waals surface area contributed by atoms with Gasteiger partial charge in [0.05, 0.1) is 5.69 Å². The molecule has 9 aromatic carbocycles. The smallest absolute Gasteiger partial charge is 0.137 e. The highest BCUT2D eigenvalue weighted by molar-refractivity contribution is 6.06. The Balaban J connectivity index is 1.16. The van der Waals surface area contributed by atoms with Crippen molar-refractivity contribution in [2.45, 2.75) is 0 Å². The summed E-state index contributed by atoms with van der Waals surface area (Å²) >= 11 is 0. The fourth-order valence-corrected chi connectivity index (χ4v) is 8.01. The van der Waals surface area contributed by atoms with Gasteiger partial charge in [0.15, 0.2) is 0 Å². The van der Waals surface area contributed by atoms with Crippen LogP contribution in [-0.4, -0.2) is 0 Å². The number of hydrogen-bond acceptors (Lipinski definition) is 2. The molecule has 0 unspecified atom stereocenters. The van der Waals surface area contributed by atoms with Crippen LogP contribution in [0.15, 0.2) is 229 Å². The van der Waals surface area contributed by atoms with Crippen LogP contribution in [-0.2, 0) is 0 Å². The predicted octanol–water partition coefficient (Wildman–Crippen LogP) is 15.4. The Kier molecular flexibility index (Phi) is 8.55. The molecule has 0 atom stereocenters. The van der Waals surface area contributed by atoms with Gasteiger partial charge in [-0.05, 0) is 92.5 Å². The van der Waals surface area contributed by atoms with E-state index in [1.807, 2.05) is 12.1 Å². The summed E-state index contributed by atoms with van der Waals surface area (Å²) in [6, 6.07) is 80.1. The second-order valence-electron chi connectivity index (χ2n) is 14.1. The second-order valence-corrected chi connectivity index (χ2v) is 14.1. The Morgan fingerprint density at radius 1 is 0.268 bits per heavy atom. The van der Waals surface area contributed by atoms with Gasteiger partial charge in [-0.25, -0.2) is 0 Å². The van der Waals surface area contributed by atoms with Crippen molar-refractivity contribution in [2.24, 2.45) is 0 Å². The Bertz CT molecular complexity index is 2950. The van der Waals surface area contributed by atoms with Crippen molar-refractivity contribution in [1.29, 1.82) is 0 Å². The second kappa shape index (κ2) is 14.4. The summed E-state index contributed by atoms with van der Waals surface area (Å²) in [5.41, 5.74) is 16.7. The fourth-order valence-electron chi connectivity index (χ4n) is 8.01. The van der Waals surface area contributed by atoms with Crippen molar-refractivity contribution < 1.29 is 4.42 Å². The molecule has 0 radical (unpaired) electrons. The first kappa shape index (κ1) is 33.2. The Morgan fingerprint density at radius 3 is 1.46 bits per heavy atom. The summed E-state index contributed by atoms with van der Waals surface area (Å²) in [6.45, 7) is 0. The molecular formula is C54H37NO. The molecule has 0 saturated heterocycles. The molecule has 0 N–H and O–H groups in total. The van der Waals surface area contributed by atoms with Crippen molar-refractivity contribution >= 4 is 39.0 Å². The molecule has 0 bridgehead atoms. The van der Waals surface area contributed by atoms with E-state index in [-0.39, 0.29) is 0 Å². The van der Waals surface area contributed by atoms with Crippen LogP contribution in [0.4, 0.5) is 17.1 Å². The zero-order chi connectivity index (χ0) is 37.3. The summed E-state index contributed by atoms with van der Waals surface area (Å²) in [6.07, 6.45) is 0. The van der Waals surface area contributed by atoms with Gasteiger partial charge in [0, 0.05) is 33.8 Å². The summed E-state index contributed by atoms with van der Waals surface area (Å²) in [7, 11) is 0. The maximum Gasteiger partial charge on any atom is 0.137 e. The maximum absolute atomic E-state index is 6.45. The average molecular weight is 716 g/mol. The third-order valence-corrected chi connectivity index (χ3v) is 10.7. The molecule has 0 aliphatic heterocycles. The van der Waals surface area contributed by atoms with Gasteiger partial charge in [0.25, 0.3) is 0 Å². The van der Waals surface area contributed by atoms with Gasteiger partial charge in [-0.1, -0.05) is 176 Å². The van der Waals surface area contributed by atoms with Gasteiger partial charge in [-0.3, -0.25) is 0 Å². The van der Waals surface area contributed by atoms with E-state index in [2.05, 4.69) is 217 Å². The van der Waals surface area contributed by atoms with E-state index in [9.17, 15) is 0 Å². The van der Waals surface area contributed by atoms with Crippen molar-refractivity contribution in [2.75, 3.05) is 4.90 Å². The van der Waals surface area contributed by atoms with Crippen LogP contribution in [0.5, 0.6) is 0 Å². The van der Waals surface area contributed by atoms with Crippen LogP contribution in [0, 0.1) is 0 Å². The number of rotatable bonds is 8. The van der Waals surface area contributed by atoms with Crippen molar-refractivity contribution in [3.05, 3.63) is 224 Å². The molecule has 0 aliphatic carbocycles. The third kappa shape index (κ3) is 6.14. The lowest BCUT2D eigenvalue weighted by molar-refractivity contribution is 0.669.